The fourth-order valence-corrected chi connectivity index (χ4v) is 5.20. The summed E-state index contributed by atoms with van der Waals surface area (Å²) in [5, 5.41) is 5.84. The molecule has 1 heterocycles. The summed E-state index contributed by atoms with van der Waals surface area (Å²) >= 11 is 6.29. The number of fused-ring (bicyclic) bond motifs is 1. The van der Waals surface area contributed by atoms with E-state index in [4.69, 9.17) is 0 Å². The first-order chi connectivity index (χ1) is 15.5. The Hall–Kier alpha value is -2.68. The van der Waals surface area contributed by atoms with E-state index in [0.717, 1.165) is 36.0 Å². The van der Waals surface area contributed by atoms with Gasteiger partial charge in [0.25, 0.3) is 0 Å². The van der Waals surface area contributed by atoms with Crippen molar-refractivity contribution in [3.63, 3.8) is 0 Å². The zero-order valence-electron chi connectivity index (χ0n) is 17.0. The van der Waals surface area contributed by atoms with Crippen LogP contribution in [0.15, 0.2) is 81.6 Å². The second-order valence-electron chi connectivity index (χ2n) is 7.04. The zero-order valence-corrected chi connectivity index (χ0v) is 20.2. The van der Waals surface area contributed by atoms with Gasteiger partial charge in [-0.2, -0.15) is 0 Å². The molecule has 0 saturated heterocycles. The molecule has 0 bridgehead atoms. The largest absolute Gasteiger partial charge is 0.326 e. The number of thioether (sulfide) groups is 1. The SMILES string of the molecule is O=C(CCc1ccccc1)Nc1ccc2nc(SCC(=O)Nc3ccc(Br)cc3)sc2c1. The average Bonchev–Trinajstić information content (AvgIpc) is 3.21. The van der Waals surface area contributed by atoms with Crippen molar-refractivity contribution in [2.75, 3.05) is 16.4 Å². The van der Waals surface area contributed by atoms with Crippen LogP contribution in [0.4, 0.5) is 11.4 Å². The van der Waals surface area contributed by atoms with Gasteiger partial charge in [-0.1, -0.05) is 58.0 Å². The lowest BCUT2D eigenvalue weighted by molar-refractivity contribution is -0.116. The van der Waals surface area contributed by atoms with Gasteiger partial charge in [-0.15, -0.1) is 11.3 Å². The molecule has 0 aliphatic heterocycles. The van der Waals surface area contributed by atoms with E-state index in [2.05, 4.69) is 31.5 Å². The quantitative estimate of drug-likeness (QED) is 0.262. The van der Waals surface area contributed by atoms with Crippen LogP contribution in [-0.4, -0.2) is 22.6 Å². The zero-order chi connectivity index (χ0) is 22.3. The summed E-state index contributed by atoms with van der Waals surface area (Å²) in [6.07, 6.45) is 1.14. The summed E-state index contributed by atoms with van der Waals surface area (Å²) in [5.74, 6) is 0.179. The first-order valence-corrected chi connectivity index (χ1v) is 12.6. The molecule has 0 atom stereocenters. The van der Waals surface area contributed by atoms with Gasteiger partial charge in [0.15, 0.2) is 4.34 Å². The van der Waals surface area contributed by atoms with E-state index in [0.29, 0.717) is 12.8 Å². The average molecular weight is 526 g/mol. The molecule has 3 aromatic carbocycles. The molecule has 0 aliphatic rings. The number of amides is 2. The van der Waals surface area contributed by atoms with Crippen molar-refractivity contribution in [1.29, 1.82) is 0 Å². The summed E-state index contributed by atoms with van der Waals surface area (Å²) in [6.45, 7) is 0. The van der Waals surface area contributed by atoms with Crippen LogP contribution in [0, 0.1) is 0 Å². The molecular weight excluding hydrogens is 506 g/mol. The van der Waals surface area contributed by atoms with Gasteiger partial charge < -0.3 is 10.6 Å². The maximum atomic E-state index is 12.3. The Kier molecular flexibility index (Phi) is 7.57. The molecular formula is C24H20BrN3O2S2. The molecule has 5 nitrogen and oxygen atoms in total. The molecule has 0 saturated carbocycles. The standard InChI is InChI=1S/C24H20BrN3O2S2/c25-17-7-9-18(10-8-17)26-23(30)15-31-24-28-20-12-11-19(14-21(20)32-24)27-22(29)13-6-16-4-2-1-3-5-16/h1-5,7-12,14H,6,13,15H2,(H,26,30)(H,27,29). The summed E-state index contributed by atoms with van der Waals surface area (Å²) in [6, 6.07) is 23.1. The molecule has 8 heteroatoms. The minimum atomic E-state index is -0.0806. The van der Waals surface area contributed by atoms with Gasteiger partial charge in [0.1, 0.15) is 0 Å². The number of aryl methyl sites for hydroxylation is 1. The van der Waals surface area contributed by atoms with Crippen molar-refractivity contribution in [1.82, 2.24) is 4.98 Å². The molecule has 4 aromatic rings. The fraction of sp³-hybridized carbons (Fsp3) is 0.125. The van der Waals surface area contributed by atoms with Crippen molar-refractivity contribution in [2.24, 2.45) is 0 Å². The van der Waals surface area contributed by atoms with E-state index in [1.807, 2.05) is 72.8 Å². The van der Waals surface area contributed by atoms with Crippen molar-refractivity contribution in [3.05, 3.63) is 82.8 Å². The van der Waals surface area contributed by atoms with E-state index in [-0.39, 0.29) is 17.6 Å². The number of aromatic nitrogens is 1. The second-order valence-corrected chi connectivity index (χ2v) is 10.2. The van der Waals surface area contributed by atoms with Crippen molar-refractivity contribution in [3.8, 4) is 0 Å². The first kappa shape index (κ1) is 22.5. The molecule has 162 valence electrons. The molecule has 2 amide bonds. The van der Waals surface area contributed by atoms with Gasteiger partial charge in [-0.25, -0.2) is 4.98 Å². The van der Waals surface area contributed by atoms with E-state index in [9.17, 15) is 9.59 Å². The molecule has 0 fully saturated rings. The van der Waals surface area contributed by atoms with E-state index in [1.54, 1.807) is 0 Å². The van der Waals surface area contributed by atoms with Crippen molar-refractivity contribution >= 4 is 72.4 Å². The Morgan fingerprint density at radius 1 is 0.906 bits per heavy atom. The van der Waals surface area contributed by atoms with Crippen molar-refractivity contribution < 1.29 is 9.59 Å². The summed E-state index contributed by atoms with van der Waals surface area (Å²) in [4.78, 5) is 29.1. The number of nitrogens with zero attached hydrogens (tertiary/aromatic N) is 1. The number of halogens is 1. The topological polar surface area (TPSA) is 71.1 Å². The number of hydrogen-bond donors (Lipinski definition) is 2. The normalized spacial score (nSPS) is 10.8. The summed E-state index contributed by atoms with van der Waals surface area (Å²) < 4.78 is 2.76. The molecule has 0 unspecified atom stereocenters. The molecule has 4 rings (SSSR count). The predicted octanol–water partition coefficient (Wildman–Crippen LogP) is 6.36. The molecule has 1 aromatic heterocycles. The third kappa shape index (κ3) is 6.41. The van der Waals surface area contributed by atoms with Crippen LogP contribution in [0.2, 0.25) is 0 Å². The van der Waals surface area contributed by atoms with E-state index < -0.39 is 0 Å². The summed E-state index contributed by atoms with van der Waals surface area (Å²) in [5.41, 5.74) is 3.51. The van der Waals surface area contributed by atoms with E-state index >= 15 is 0 Å². The highest BCUT2D eigenvalue weighted by atomic mass is 79.9. The Balaban J connectivity index is 1.30. The van der Waals surface area contributed by atoms with Crippen molar-refractivity contribution in [2.45, 2.75) is 17.2 Å². The lowest BCUT2D eigenvalue weighted by atomic mass is 10.1. The number of carbonyl (C=O) groups excluding carboxylic acids is 2. The highest BCUT2D eigenvalue weighted by Gasteiger charge is 2.10. The van der Waals surface area contributed by atoms with Crippen LogP contribution in [0.5, 0.6) is 0 Å². The number of benzene rings is 3. The number of carbonyl (C=O) groups is 2. The van der Waals surface area contributed by atoms with Crippen LogP contribution in [0.3, 0.4) is 0 Å². The third-order valence-corrected chi connectivity index (χ3v) is 7.28. The molecule has 0 spiro atoms. The Labute approximate surface area is 202 Å². The number of thiazole rings is 1. The Bertz CT molecular complexity index is 1230. The third-order valence-electron chi connectivity index (χ3n) is 4.59. The van der Waals surface area contributed by atoms with Gasteiger partial charge in [-0.3, -0.25) is 9.59 Å². The van der Waals surface area contributed by atoms with Crippen LogP contribution in [0.1, 0.15) is 12.0 Å². The molecule has 32 heavy (non-hydrogen) atoms. The fourth-order valence-electron chi connectivity index (χ4n) is 3.03. The smallest absolute Gasteiger partial charge is 0.234 e. The maximum Gasteiger partial charge on any atom is 0.234 e. The predicted molar refractivity (Wildman–Crippen MR) is 137 cm³/mol. The first-order valence-electron chi connectivity index (χ1n) is 9.98. The van der Waals surface area contributed by atoms with Gasteiger partial charge in [0.2, 0.25) is 11.8 Å². The van der Waals surface area contributed by atoms with E-state index in [1.165, 1.54) is 23.1 Å². The lowest BCUT2D eigenvalue weighted by Crippen LogP contribution is -2.13. The monoisotopic (exact) mass is 525 g/mol. The van der Waals surface area contributed by atoms with Gasteiger partial charge in [0.05, 0.1) is 16.0 Å². The molecule has 0 radical (unpaired) electrons. The minimum absolute atomic E-state index is 0.0167. The minimum Gasteiger partial charge on any atom is -0.326 e. The van der Waals surface area contributed by atoms with Crippen LogP contribution < -0.4 is 10.6 Å². The Morgan fingerprint density at radius 3 is 2.41 bits per heavy atom. The summed E-state index contributed by atoms with van der Waals surface area (Å²) in [7, 11) is 0. The van der Waals surface area contributed by atoms with Crippen LogP contribution in [0.25, 0.3) is 10.2 Å². The van der Waals surface area contributed by atoms with Crippen LogP contribution >= 0.6 is 39.0 Å². The lowest BCUT2D eigenvalue weighted by Gasteiger charge is -2.05. The number of anilines is 2. The molecule has 0 aliphatic carbocycles. The second kappa shape index (κ2) is 10.8. The van der Waals surface area contributed by atoms with Crippen LogP contribution in [-0.2, 0) is 16.0 Å². The highest BCUT2D eigenvalue weighted by molar-refractivity contribution is 9.10. The molecule has 2 N–H and O–H groups in total. The number of rotatable bonds is 8. The number of nitrogens with one attached hydrogen (secondary N) is 2. The maximum absolute atomic E-state index is 12.3. The Morgan fingerprint density at radius 2 is 1.62 bits per heavy atom. The van der Waals surface area contributed by atoms with Gasteiger partial charge >= 0.3 is 0 Å². The highest BCUT2D eigenvalue weighted by Crippen LogP contribution is 2.31. The van der Waals surface area contributed by atoms with Gasteiger partial charge in [-0.05, 0) is 54.4 Å². The number of hydrogen-bond acceptors (Lipinski definition) is 5. The van der Waals surface area contributed by atoms with Gasteiger partial charge in [0, 0.05) is 22.3 Å².